The standard InChI is InChI=1S/C19H25BrN2O2/c1-19(2)10-13-9-14(20)3-4-15(13)17(19)21-18(23)24-16-11-22-7-5-12(16)6-8-22/h3-4,9,12,16-17H,5-8,10-11H2,1-2H3,(H,21,23)/t16-,17-/m0/s1. The Morgan fingerprint density at radius 2 is 2.08 bits per heavy atom. The molecule has 3 saturated heterocycles. The molecule has 130 valence electrons. The van der Waals surface area contributed by atoms with E-state index in [9.17, 15) is 4.79 Å². The number of ether oxygens (including phenoxy) is 1. The summed E-state index contributed by atoms with van der Waals surface area (Å²) in [7, 11) is 0. The van der Waals surface area contributed by atoms with Crippen molar-refractivity contribution in [2.75, 3.05) is 19.6 Å². The van der Waals surface area contributed by atoms with E-state index >= 15 is 0 Å². The van der Waals surface area contributed by atoms with Crippen molar-refractivity contribution in [1.29, 1.82) is 0 Å². The summed E-state index contributed by atoms with van der Waals surface area (Å²) in [5.41, 5.74) is 2.52. The number of piperidine rings is 3. The number of hydrogen-bond donors (Lipinski definition) is 1. The smallest absolute Gasteiger partial charge is 0.407 e. The molecule has 1 N–H and O–H groups in total. The zero-order valence-electron chi connectivity index (χ0n) is 14.3. The molecule has 1 amide bonds. The highest BCUT2D eigenvalue weighted by Gasteiger charge is 2.41. The molecular formula is C19H25BrN2O2. The second-order valence-corrected chi connectivity index (χ2v) is 9.08. The third kappa shape index (κ3) is 2.97. The minimum Gasteiger partial charge on any atom is -0.445 e. The predicted octanol–water partition coefficient (Wildman–Crippen LogP) is 3.89. The number of carbonyl (C=O) groups is 1. The Labute approximate surface area is 152 Å². The summed E-state index contributed by atoms with van der Waals surface area (Å²) in [5.74, 6) is 0.542. The number of carbonyl (C=O) groups excluding carboxylic acids is 1. The van der Waals surface area contributed by atoms with Crippen molar-refractivity contribution >= 4 is 22.0 Å². The van der Waals surface area contributed by atoms with Gasteiger partial charge in [0.15, 0.2) is 0 Å². The zero-order valence-corrected chi connectivity index (χ0v) is 15.9. The molecule has 2 atom stereocenters. The number of rotatable bonds is 2. The Hall–Kier alpha value is -1.07. The maximum absolute atomic E-state index is 12.5. The largest absolute Gasteiger partial charge is 0.445 e. The average molecular weight is 393 g/mol. The van der Waals surface area contributed by atoms with Crippen molar-refractivity contribution in [3.05, 3.63) is 33.8 Å². The fourth-order valence-corrected chi connectivity index (χ4v) is 5.04. The van der Waals surface area contributed by atoms with Crippen molar-refractivity contribution in [3.8, 4) is 0 Å². The molecule has 0 radical (unpaired) electrons. The molecule has 1 aromatic carbocycles. The van der Waals surface area contributed by atoms with Crippen molar-refractivity contribution in [3.63, 3.8) is 0 Å². The van der Waals surface area contributed by atoms with Crippen molar-refractivity contribution in [2.24, 2.45) is 11.3 Å². The molecule has 3 fully saturated rings. The first kappa shape index (κ1) is 16.4. The average Bonchev–Trinajstić information content (AvgIpc) is 2.78. The molecule has 3 aliphatic heterocycles. The minimum atomic E-state index is -0.261. The van der Waals surface area contributed by atoms with Crippen LogP contribution in [0.1, 0.15) is 43.9 Å². The number of hydrogen-bond acceptors (Lipinski definition) is 3. The fourth-order valence-electron chi connectivity index (χ4n) is 4.63. The monoisotopic (exact) mass is 392 g/mol. The first-order chi connectivity index (χ1) is 11.4. The van der Waals surface area contributed by atoms with Gasteiger partial charge in [-0.2, -0.15) is 0 Å². The molecule has 24 heavy (non-hydrogen) atoms. The van der Waals surface area contributed by atoms with Crippen LogP contribution in [0, 0.1) is 11.3 Å². The number of nitrogens with zero attached hydrogens (tertiary/aromatic N) is 1. The van der Waals surface area contributed by atoms with Gasteiger partial charge in [-0.3, -0.25) is 4.90 Å². The van der Waals surface area contributed by atoms with Crippen LogP contribution in [0.5, 0.6) is 0 Å². The second kappa shape index (κ2) is 6.03. The van der Waals surface area contributed by atoms with E-state index < -0.39 is 0 Å². The third-order valence-electron chi connectivity index (χ3n) is 5.96. The maximum Gasteiger partial charge on any atom is 0.407 e. The Bertz CT molecular complexity index is 653. The van der Waals surface area contributed by atoms with Crippen LogP contribution >= 0.6 is 15.9 Å². The van der Waals surface area contributed by atoms with Crippen LogP contribution in [-0.4, -0.2) is 36.7 Å². The molecular weight excluding hydrogens is 368 g/mol. The molecule has 0 unspecified atom stereocenters. The molecule has 0 saturated carbocycles. The molecule has 0 spiro atoms. The van der Waals surface area contributed by atoms with E-state index in [4.69, 9.17) is 4.74 Å². The molecule has 5 heteroatoms. The molecule has 4 aliphatic rings. The molecule has 0 aromatic heterocycles. The molecule has 4 nitrogen and oxygen atoms in total. The lowest BCUT2D eigenvalue weighted by Crippen LogP contribution is -2.53. The Morgan fingerprint density at radius 1 is 1.33 bits per heavy atom. The highest BCUT2D eigenvalue weighted by Crippen LogP contribution is 2.46. The molecule has 1 aromatic rings. The normalized spacial score (nSPS) is 33.1. The Morgan fingerprint density at radius 3 is 2.75 bits per heavy atom. The van der Waals surface area contributed by atoms with Gasteiger partial charge < -0.3 is 10.1 Å². The van der Waals surface area contributed by atoms with Crippen LogP contribution in [-0.2, 0) is 11.2 Å². The number of nitrogens with one attached hydrogen (secondary N) is 1. The van der Waals surface area contributed by atoms with E-state index in [0.717, 1.165) is 43.4 Å². The van der Waals surface area contributed by atoms with E-state index in [-0.39, 0.29) is 23.7 Å². The van der Waals surface area contributed by atoms with Crippen molar-refractivity contribution in [1.82, 2.24) is 10.2 Å². The van der Waals surface area contributed by atoms with E-state index in [0.29, 0.717) is 5.92 Å². The van der Waals surface area contributed by atoms with Crippen molar-refractivity contribution in [2.45, 2.75) is 45.3 Å². The number of amides is 1. The fraction of sp³-hybridized carbons (Fsp3) is 0.632. The van der Waals surface area contributed by atoms with Gasteiger partial charge in [0.25, 0.3) is 0 Å². The van der Waals surface area contributed by atoms with Gasteiger partial charge in [-0.05, 0) is 66.9 Å². The van der Waals surface area contributed by atoms with Gasteiger partial charge in [-0.1, -0.05) is 35.8 Å². The number of fused-ring (bicyclic) bond motifs is 4. The van der Waals surface area contributed by atoms with Crippen LogP contribution in [0.4, 0.5) is 4.79 Å². The number of halogens is 1. The van der Waals surface area contributed by atoms with Crippen LogP contribution in [0.2, 0.25) is 0 Å². The summed E-state index contributed by atoms with van der Waals surface area (Å²) in [6.07, 6.45) is 3.07. The number of alkyl carbamates (subject to hydrolysis) is 1. The second-order valence-electron chi connectivity index (χ2n) is 8.17. The Kier molecular flexibility index (Phi) is 4.12. The van der Waals surface area contributed by atoms with Crippen LogP contribution in [0.15, 0.2) is 22.7 Å². The zero-order chi connectivity index (χ0) is 16.9. The first-order valence-corrected chi connectivity index (χ1v) is 9.69. The summed E-state index contributed by atoms with van der Waals surface area (Å²) in [4.78, 5) is 15.0. The summed E-state index contributed by atoms with van der Waals surface area (Å²) < 4.78 is 6.91. The van der Waals surface area contributed by atoms with Gasteiger partial charge in [0.05, 0.1) is 6.04 Å². The van der Waals surface area contributed by atoms with Crippen LogP contribution in [0.3, 0.4) is 0 Å². The van der Waals surface area contributed by atoms with E-state index in [1.807, 2.05) is 6.07 Å². The van der Waals surface area contributed by atoms with Gasteiger partial charge in [0.1, 0.15) is 6.10 Å². The van der Waals surface area contributed by atoms with Gasteiger partial charge in [0.2, 0.25) is 0 Å². The van der Waals surface area contributed by atoms with Crippen molar-refractivity contribution < 1.29 is 9.53 Å². The molecule has 1 aliphatic carbocycles. The van der Waals surface area contributed by atoms with Gasteiger partial charge >= 0.3 is 6.09 Å². The topological polar surface area (TPSA) is 41.6 Å². The summed E-state index contributed by atoms with van der Waals surface area (Å²) in [6, 6.07) is 6.34. The van der Waals surface area contributed by atoms with E-state index in [1.165, 1.54) is 11.1 Å². The van der Waals surface area contributed by atoms with Gasteiger partial charge in [0, 0.05) is 11.0 Å². The summed E-state index contributed by atoms with van der Waals surface area (Å²) in [6.45, 7) is 7.63. The SMILES string of the molecule is CC1(C)Cc2cc(Br)ccc2[C@@H]1NC(=O)O[C@H]1CN2CCC1CC2. The Balaban J connectivity index is 1.45. The van der Waals surface area contributed by atoms with E-state index in [2.05, 4.69) is 52.1 Å². The summed E-state index contributed by atoms with van der Waals surface area (Å²) in [5, 5.41) is 3.16. The maximum atomic E-state index is 12.5. The van der Waals surface area contributed by atoms with Gasteiger partial charge in [-0.15, -0.1) is 0 Å². The minimum absolute atomic E-state index is 0.00276. The van der Waals surface area contributed by atoms with Crippen LogP contribution in [0.25, 0.3) is 0 Å². The van der Waals surface area contributed by atoms with Crippen LogP contribution < -0.4 is 5.32 Å². The molecule has 5 rings (SSSR count). The molecule has 3 heterocycles. The molecule has 2 bridgehead atoms. The van der Waals surface area contributed by atoms with E-state index in [1.54, 1.807) is 0 Å². The van der Waals surface area contributed by atoms with Gasteiger partial charge in [-0.25, -0.2) is 4.79 Å². The lowest BCUT2D eigenvalue weighted by molar-refractivity contribution is -0.0348. The highest BCUT2D eigenvalue weighted by molar-refractivity contribution is 9.10. The summed E-state index contributed by atoms with van der Waals surface area (Å²) >= 11 is 3.54. The lowest BCUT2D eigenvalue weighted by Gasteiger charge is -2.44. The predicted molar refractivity (Wildman–Crippen MR) is 96.9 cm³/mol. The quantitative estimate of drug-likeness (QED) is 0.829. The third-order valence-corrected chi connectivity index (χ3v) is 6.45. The highest BCUT2D eigenvalue weighted by atomic mass is 79.9. The lowest BCUT2D eigenvalue weighted by atomic mass is 9.85. The first-order valence-electron chi connectivity index (χ1n) is 8.90. The number of benzene rings is 1.